The van der Waals surface area contributed by atoms with Crippen molar-refractivity contribution in [2.75, 3.05) is 0 Å². The lowest BCUT2D eigenvalue weighted by Crippen LogP contribution is -2.07. The summed E-state index contributed by atoms with van der Waals surface area (Å²) in [6.45, 7) is 7.71. The van der Waals surface area contributed by atoms with Gasteiger partial charge in [0.1, 0.15) is 6.10 Å². The van der Waals surface area contributed by atoms with Crippen LogP contribution in [0.4, 0.5) is 4.79 Å². The van der Waals surface area contributed by atoms with E-state index in [-0.39, 0.29) is 6.10 Å². The SMILES string of the molecule is CC.CCC(C)OC(=O)Cl. The van der Waals surface area contributed by atoms with Crippen molar-refractivity contribution in [1.29, 1.82) is 0 Å². The van der Waals surface area contributed by atoms with Crippen LogP contribution in [0.15, 0.2) is 0 Å². The summed E-state index contributed by atoms with van der Waals surface area (Å²) in [5.41, 5.74) is -0.723. The Morgan fingerprint density at radius 1 is 1.60 bits per heavy atom. The zero-order valence-corrected chi connectivity index (χ0v) is 7.73. The highest BCUT2D eigenvalue weighted by molar-refractivity contribution is 6.61. The maximum absolute atomic E-state index is 9.96. The molecule has 0 heterocycles. The van der Waals surface area contributed by atoms with Crippen LogP contribution in [-0.2, 0) is 4.74 Å². The molecule has 0 aromatic rings. The third kappa shape index (κ3) is 10.7. The van der Waals surface area contributed by atoms with E-state index < -0.39 is 5.43 Å². The van der Waals surface area contributed by atoms with Crippen LogP contribution in [0.5, 0.6) is 0 Å². The van der Waals surface area contributed by atoms with Crippen molar-refractivity contribution in [2.24, 2.45) is 0 Å². The molecule has 3 heteroatoms. The van der Waals surface area contributed by atoms with Crippen LogP contribution in [0, 0.1) is 0 Å². The Kier molecular flexibility index (Phi) is 10.9. The Hall–Kier alpha value is -0.240. The van der Waals surface area contributed by atoms with Gasteiger partial charge in [-0.2, -0.15) is 0 Å². The van der Waals surface area contributed by atoms with Crippen LogP contribution in [0.25, 0.3) is 0 Å². The first kappa shape index (κ1) is 12.4. The van der Waals surface area contributed by atoms with Gasteiger partial charge in [0.05, 0.1) is 0 Å². The van der Waals surface area contributed by atoms with Gasteiger partial charge in [0.15, 0.2) is 0 Å². The molecule has 0 fully saturated rings. The van der Waals surface area contributed by atoms with E-state index in [9.17, 15) is 4.79 Å². The fraction of sp³-hybridized carbons (Fsp3) is 0.857. The molecule has 0 saturated carbocycles. The zero-order chi connectivity index (χ0) is 8.57. The molecule has 10 heavy (non-hydrogen) atoms. The lowest BCUT2D eigenvalue weighted by Gasteiger charge is -2.05. The first-order valence-electron chi connectivity index (χ1n) is 3.53. The molecule has 1 unspecified atom stereocenters. The normalized spacial score (nSPS) is 10.9. The molecule has 0 aliphatic carbocycles. The molecule has 0 aliphatic heterocycles. The molecular formula is C7H15ClO2. The summed E-state index contributed by atoms with van der Waals surface area (Å²) in [6, 6.07) is 0. The first-order valence-corrected chi connectivity index (χ1v) is 3.90. The smallest absolute Gasteiger partial charge is 0.404 e. The van der Waals surface area contributed by atoms with Gasteiger partial charge in [0.2, 0.25) is 0 Å². The van der Waals surface area contributed by atoms with E-state index in [1.807, 2.05) is 20.8 Å². The lowest BCUT2D eigenvalue weighted by molar-refractivity contribution is 0.129. The third-order valence-corrected chi connectivity index (χ3v) is 0.958. The zero-order valence-electron chi connectivity index (χ0n) is 6.98. The van der Waals surface area contributed by atoms with E-state index in [4.69, 9.17) is 11.6 Å². The average molecular weight is 167 g/mol. The van der Waals surface area contributed by atoms with Gasteiger partial charge in [0, 0.05) is 11.6 Å². The van der Waals surface area contributed by atoms with Crippen molar-refractivity contribution in [3.05, 3.63) is 0 Å². The summed E-state index contributed by atoms with van der Waals surface area (Å²) >= 11 is 4.89. The minimum atomic E-state index is -0.723. The van der Waals surface area contributed by atoms with Gasteiger partial charge >= 0.3 is 5.43 Å². The van der Waals surface area contributed by atoms with Gasteiger partial charge in [-0.25, -0.2) is 4.79 Å². The summed E-state index contributed by atoms with van der Waals surface area (Å²) in [7, 11) is 0. The van der Waals surface area contributed by atoms with E-state index in [2.05, 4.69) is 4.74 Å². The lowest BCUT2D eigenvalue weighted by atomic mass is 10.3. The van der Waals surface area contributed by atoms with Crippen molar-refractivity contribution in [3.63, 3.8) is 0 Å². The maximum atomic E-state index is 9.96. The molecule has 0 spiro atoms. The molecule has 0 aromatic carbocycles. The van der Waals surface area contributed by atoms with Crippen molar-refractivity contribution in [3.8, 4) is 0 Å². The van der Waals surface area contributed by atoms with E-state index in [1.165, 1.54) is 0 Å². The first-order chi connectivity index (χ1) is 4.66. The van der Waals surface area contributed by atoms with Crippen LogP contribution >= 0.6 is 11.6 Å². The van der Waals surface area contributed by atoms with Crippen LogP contribution in [0.1, 0.15) is 34.1 Å². The molecule has 0 radical (unpaired) electrons. The molecule has 1 atom stereocenters. The fourth-order valence-corrected chi connectivity index (χ4v) is 0.394. The number of carbonyl (C=O) groups excluding carboxylic acids is 1. The topological polar surface area (TPSA) is 26.3 Å². The molecule has 0 aliphatic rings. The average Bonchev–Trinajstić information content (AvgIpc) is 1.91. The second-order valence-electron chi connectivity index (χ2n) is 1.57. The predicted molar refractivity (Wildman–Crippen MR) is 43.4 cm³/mol. The number of ether oxygens (including phenoxy) is 1. The predicted octanol–water partition coefficient (Wildman–Crippen LogP) is 3.19. The van der Waals surface area contributed by atoms with Crippen LogP contribution in [-0.4, -0.2) is 11.5 Å². The Labute approximate surface area is 67.5 Å². The maximum Gasteiger partial charge on any atom is 0.404 e. The molecule has 0 bridgehead atoms. The minimum Gasteiger partial charge on any atom is -0.451 e. The molecule has 0 rings (SSSR count). The monoisotopic (exact) mass is 166 g/mol. The molecule has 0 N–H and O–H groups in total. The number of carbonyl (C=O) groups is 1. The summed E-state index contributed by atoms with van der Waals surface area (Å²) in [4.78, 5) is 9.96. The van der Waals surface area contributed by atoms with Crippen molar-refractivity contribution in [1.82, 2.24) is 0 Å². The van der Waals surface area contributed by atoms with E-state index >= 15 is 0 Å². The number of rotatable bonds is 2. The standard InChI is InChI=1S/C5H9ClO2.C2H6/c1-3-4(2)8-5(6)7;1-2/h4H,3H2,1-2H3;1-2H3. The largest absolute Gasteiger partial charge is 0.451 e. The van der Waals surface area contributed by atoms with Crippen molar-refractivity contribution >= 4 is 17.0 Å². The van der Waals surface area contributed by atoms with Gasteiger partial charge in [0.25, 0.3) is 0 Å². The Bertz CT molecular complexity index is 83.7. The number of hydrogen-bond acceptors (Lipinski definition) is 2. The van der Waals surface area contributed by atoms with E-state index in [1.54, 1.807) is 6.92 Å². The highest BCUT2D eigenvalue weighted by atomic mass is 35.5. The highest BCUT2D eigenvalue weighted by Gasteiger charge is 2.01. The van der Waals surface area contributed by atoms with Crippen LogP contribution in [0.3, 0.4) is 0 Å². The van der Waals surface area contributed by atoms with Crippen molar-refractivity contribution < 1.29 is 9.53 Å². The third-order valence-electron chi connectivity index (χ3n) is 0.869. The molecular weight excluding hydrogens is 152 g/mol. The van der Waals surface area contributed by atoms with Gasteiger partial charge in [-0.05, 0) is 13.3 Å². The molecule has 62 valence electrons. The van der Waals surface area contributed by atoms with Crippen molar-refractivity contribution in [2.45, 2.75) is 40.2 Å². The van der Waals surface area contributed by atoms with Gasteiger partial charge in [-0.1, -0.05) is 20.8 Å². The number of hydrogen-bond donors (Lipinski definition) is 0. The highest BCUT2D eigenvalue weighted by Crippen LogP contribution is 1.98. The summed E-state index contributed by atoms with van der Waals surface area (Å²) < 4.78 is 4.53. The summed E-state index contributed by atoms with van der Waals surface area (Å²) in [6.07, 6.45) is 0.748. The second kappa shape index (κ2) is 8.76. The molecule has 2 nitrogen and oxygen atoms in total. The number of halogens is 1. The Morgan fingerprint density at radius 3 is 2.10 bits per heavy atom. The van der Waals surface area contributed by atoms with E-state index in [0.717, 1.165) is 6.42 Å². The Balaban J connectivity index is 0. The molecule has 0 amide bonds. The van der Waals surface area contributed by atoms with Crippen LogP contribution < -0.4 is 0 Å². The summed E-state index contributed by atoms with van der Waals surface area (Å²) in [5.74, 6) is 0. The minimum absolute atomic E-state index is 0.0556. The van der Waals surface area contributed by atoms with Gasteiger partial charge in [-0.3, -0.25) is 0 Å². The second-order valence-corrected chi connectivity index (χ2v) is 1.88. The Morgan fingerprint density at radius 2 is 2.00 bits per heavy atom. The summed E-state index contributed by atoms with van der Waals surface area (Å²) in [5, 5.41) is 0. The van der Waals surface area contributed by atoms with Crippen LogP contribution in [0.2, 0.25) is 0 Å². The molecule has 0 saturated heterocycles. The molecule has 0 aromatic heterocycles. The van der Waals surface area contributed by atoms with Gasteiger partial charge < -0.3 is 4.74 Å². The fourth-order valence-electron chi connectivity index (χ4n) is 0.242. The van der Waals surface area contributed by atoms with E-state index in [0.29, 0.717) is 0 Å². The van der Waals surface area contributed by atoms with Gasteiger partial charge in [-0.15, -0.1) is 0 Å². The quantitative estimate of drug-likeness (QED) is 0.589.